The number of hydrogen-bond acceptors (Lipinski definition) is 5. The molecule has 0 bridgehead atoms. The third-order valence-corrected chi connectivity index (χ3v) is 2.71. The van der Waals surface area contributed by atoms with Crippen molar-refractivity contribution in [2.45, 2.75) is 13.3 Å². The lowest BCUT2D eigenvalue weighted by molar-refractivity contribution is -0.384. The van der Waals surface area contributed by atoms with Crippen molar-refractivity contribution >= 4 is 11.5 Å². The van der Waals surface area contributed by atoms with Crippen molar-refractivity contribution in [1.82, 2.24) is 9.97 Å². The van der Waals surface area contributed by atoms with Crippen molar-refractivity contribution in [3.8, 4) is 0 Å². The molecule has 2 aromatic heterocycles. The van der Waals surface area contributed by atoms with E-state index in [2.05, 4.69) is 15.3 Å². The number of nitrogens with zero attached hydrogens (tertiary/aromatic N) is 3. The number of nitrogens with one attached hydrogen (secondary N) is 1. The maximum atomic E-state index is 11.0. The van der Waals surface area contributed by atoms with Gasteiger partial charge in [0.15, 0.2) is 0 Å². The largest absolute Gasteiger partial charge is 0.364 e. The van der Waals surface area contributed by atoms with Crippen molar-refractivity contribution in [1.29, 1.82) is 0 Å². The molecule has 2 heterocycles. The van der Waals surface area contributed by atoms with Crippen LogP contribution >= 0.6 is 0 Å². The number of aryl methyl sites for hydroxylation is 1. The molecule has 2 rings (SSSR count). The summed E-state index contributed by atoms with van der Waals surface area (Å²) in [5, 5.41) is 14.0. The second-order valence-electron chi connectivity index (χ2n) is 4.08. The van der Waals surface area contributed by atoms with E-state index < -0.39 is 4.92 Å². The number of rotatable bonds is 5. The number of anilines is 1. The van der Waals surface area contributed by atoms with Crippen LogP contribution in [-0.2, 0) is 6.42 Å². The maximum absolute atomic E-state index is 11.0. The summed E-state index contributed by atoms with van der Waals surface area (Å²) < 4.78 is 0. The first kappa shape index (κ1) is 12.9. The zero-order valence-electron chi connectivity index (χ0n) is 10.5. The van der Waals surface area contributed by atoms with E-state index in [9.17, 15) is 10.1 Å². The zero-order chi connectivity index (χ0) is 13.7. The topological polar surface area (TPSA) is 81.0 Å². The lowest BCUT2D eigenvalue weighted by Crippen LogP contribution is -2.09. The van der Waals surface area contributed by atoms with Crippen LogP contribution in [0.25, 0.3) is 0 Å². The summed E-state index contributed by atoms with van der Waals surface area (Å²) in [6.07, 6.45) is 3.97. The van der Waals surface area contributed by atoms with Gasteiger partial charge in [0.1, 0.15) is 0 Å². The number of aromatic nitrogens is 2. The van der Waals surface area contributed by atoms with Crippen molar-refractivity contribution < 1.29 is 4.92 Å². The van der Waals surface area contributed by atoms with Crippen LogP contribution in [0.15, 0.2) is 36.7 Å². The van der Waals surface area contributed by atoms with Gasteiger partial charge in [0, 0.05) is 36.6 Å². The molecule has 0 aliphatic carbocycles. The third kappa shape index (κ3) is 3.25. The highest BCUT2D eigenvalue weighted by Gasteiger charge is 2.17. The summed E-state index contributed by atoms with van der Waals surface area (Å²) in [5.74, 6) is 0.306. The van der Waals surface area contributed by atoms with Gasteiger partial charge >= 0.3 is 5.69 Å². The fourth-order valence-corrected chi connectivity index (χ4v) is 1.77. The second-order valence-corrected chi connectivity index (χ2v) is 4.08. The van der Waals surface area contributed by atoms with Gasteiger partial charge in [-0.1, -0.05) is 6.07 Å². The van der Waals surface area contributed by atoms with Gasteiger partial charge in [0.2, 0.25) is 5.82 Å². The van der Waals surface area contributed by atoms with Gasteiger partial charge < -0.3 is 5.32 Å². The van der Waals surface area contributed by atoms with Crippen LogP contribution in [0.2, 0.25) is 0 Å². The van der Waals surface area contributed by atoms with E-state index in [1.165, 1.54) is 0 Å². The summed E-state index contributed by atoms with van der Waals surface area (Å²) in [5.41, 5.74) is 1.56. The fraction of sp³-hybridized carbons (Fsp3) is 0.231. The van der Waals surface area contributed by atoms with Crippen LogP contribution < -0.4 is 5.32 Å². The molecule has 0 aliphatic heterocycles. The Balaban J connectivity index is 2.04. The third-order valence-electron chi connectivity index (χ3n) is 2.71. The summed E-state index contributed by atoms with van der Waals surface area (Å²) in [6, 6.07) is 7.31. The van der Waals surface area contributed by atoms with Crippen molar-refractivity contribution in [2.24, 2.45) is 0 Å². The molecule has 98 valence electrons. The molecule has 0 amide bonds. The molecular formula is C13H14N4O2. The van der Waals surface area contributed by atoms with E-state index in [4.69, 9.17) is 0 Å². The van der Waals surface area contributed by atoms with E-state index in [0.29, 0.717) is 24.3 Å². The highest BCUT2D eigenvalue weighted by molar-refractivity contribution is 5.59. The second kappa shape index (κ2) is 5.90. The van der Waals surface area contributed by atoms with E-state index in [1.54, 1.807) is 25.4 Å². The smallest absolute Gasteiger partial charge is 0.314 e. The van der Waals surface area contributed by atoms with Gasteiger partial charge in [-0.2, -0.15) is 0 Å². The molecule has 1 N–H and O–H groups in total. The Morgan fingerprint density at radius 2 is 2.11 bits per heavy atom. The normalized spacial score (nSPS) is 10.2. The lowest BCUT2D eigenvalue weighted by atomic mass is 10.2. The first-order chi connectivity index (χ1) is 9.18. The molecule has 6 nitrogen and oxygen atoms in total. The average molecular weight is 258 g/mol. The minimum Gasteiger partial charge on any atom is -0.364 e. The van der Waals surface area contributed by atoms with Crippen LogP contribution in [0.4, 0.5) is 11.5 Å². The molecule has 2 aromatic rings. The van der Waals surface area contributed by atoms with Crippen LogP contribution in [-0.4, -0.2) is 21.4 Å². The van der Waals surface area contributed by atoms with Gasteiger partial charge in [0.05, 0.1) is 4.92 Å². The monoisotopic (exact) mass is 258 g/mol. The van der Waals surface area contributed by atoms with Crippen LogP contribution in [0.3, 0.4) is 0 Å². The SMILES string of the molecule is Cc1ccnc(NCCc2ccccn2)c1[N+](=O)[O-]. The predicted molar refractivity (Wildman–Crippen MR) is 72.1 cm³/mol. The molecule has 6 heteroatoms. The Kier molecular flexibility index (Phi) is 4.02. The fourth-order valence-electron chi connectivity index (χ4n) is 1.77. The van der Waals surface area contributed by atoms with E-state index in [0.717, 1.165) is 5.69 Å². The van der Waals surface area contributed by atoms with E-state index in [-0.39, 0.29) is 5.69 Å². The minimum absolute atomic E-state index is 0.0310. The molecule has 0 saturated carbocycles. The highest BCUT2D eigenvalue weighted by atomic mass is 16.6. The van der Waals surface area contributed by atoms with Gasteiger partial charge in [-0.25, -0.2) is 4.98 Å². The Hall–Kier alpha value is -2.50. The predicted octanol–water partition coefficient (Wildman–Crippen LogP) is 2.35. The summed E-state index contributed by atoms with van der Waals surface area (Å²) in [6.45, 7) is 2.25. The molecule has 0 spiro atoms. The van der Waals surface area contributed by atoms with Gasteiger partial charge in [-0.3, -0.25) is 15.1 Å². The standard InChI is InChI=1S/C13H14N4O2/c1-10-5-8-15-13(12(10)17(18)19)16-9-6-11-4-2-3-7-14-11/h2-5,7-8H,6,9H2,1H3,(H,15,16). The summed E-state index contributed by atoms with van der Waals surface area (Å²) >= 11 is 0. The highest BCUT2D eigenvalue weighted by Crippen LogP contribution is 2.25. The van der Waals surface area contributed by atoms with Crippen molar-refractivity contribution in [3.63, 3.8) is 0 Å². The Labute approximate surface area is 110 Å². The first-order valence-electron chi connectivity index (χ1n) is 5.92. The van der Waals surface area contributed by atoms with Gasteiger partial charge in [0.25, 0.3) is 0 Å². The summed E-state index contributed by atoms with van der Waals surface area (Å²) in [4.78, 5) is 18.8. The van der Waals surface area contributed by atoms with E-state index in [1.807, 2.05) is 18.2 Å². The number of pyridine rings is 2. The molecule has 0 radical (unpaired) electrons. The van der Waals surface area contributed by atoms with Crippen LogP contribution in [0.1, 0.15) is 11.3 Å². The molecule has 0 saturated heterocycles. The van der Waals surface area contributed by atoms with Gasteiger partial charge in [-0.15, -0.1) is 0 Å². The van der Waals surface area contributed by atoms with Crippen LogP contribution in [0.5, 0.6) is 0 Å². The number of nitro groups is 1. The summed E-state index contributed by atoms with van der Waals surface area (Å²) in [7, 11) is 0. The molecule has 0 aliphatic rings. The molecule has 0 unspecified atom stereocenters. The minimum atomic E-state index is -0.411. The van der Waals surface area contributed by atoms with Crippen molar-refractivity contribution in [3.05, 3.63) is 58.0 Å². The average Bonchev–Trinajstić information content (AvgIpc) is 2.39. The molecule has 0 atom stereocenters. The Bertz CT molecular complexity index is 572. The zero-order valence-corrected chi connectivity index (χ0v) is 10.5. The number of hydrogen-bond donors (Lipinski definition) is 1. The van der Waals surface area contributed by atoms with Gasteiger partial charge in [-0.05, 0) is 25.1 Å². The maximum Gasteiger partial charge on any atom is 0.314 e. The Morgan fingerprint density at radius 1 is 1.26 bits per heavy atom. The molecule has 0 aromatic carbocycles. The van der Waals surface area contributed by atoms with Crippen LogP contribution in [0, 0.1) is 17.0 Å². The quantitative estimate of drug-likeness (QED) is 0.657. The van der Waals surface area contributed by atoms with E-state index >= 15 is 0 Å². The molecule has 0 fully saturated rings. The lowest BCUT2D eigenvalue weighted by Gasteiger charge is -2.07. The molecular weight excluding hydrogens is 244 g/mol. The first-order valence-corrected chi connectivity index (χ1v) is 5.92. The van der Waals surface area contributed by atoms with Crippen molar-refractivity contribution in [2.75, 3.05) is 11.9 Å². The molecule has 19 heavy (non-hydrogen) atoms. The Morgan fingerprint density at radius 3 is 2.79 bits per heavy atom.